The van der Waals surface area contributed by atoms with Gasteiger partial charge in [-0.25, -0.2) is 4.98 Å². The van der Waals surface area contributed by atoms with E-state index in [1.165, 1.54) is 0 Å². The van der Waals surface area contributed by atoms with Crippen molar-refractivity contribution in [1.82, 2.24) is 4.98 Å². The van der Waals surface area contributed by atoms with Gasteiger partial charge in [0.2, 0.25) is 0 Å². The Hall–Kier alpha value is -1.81. The molecule has 0 spiro atoms. The van der Waals surface area contributed by atoms with Crippen LogP contribution >= 0.6 is 0 Å². The SMILES string of the molecule is Cc1ccc(CN(C)c2cccc(CO)n2)o1. The van der Waals surface area contributed by atoms with Crippen LogP contribution in [0.5, 0.6) is 0 Å². The summed E-state index contributed by atoms with van der Waals surface area (Å²) in [6, 6.07) is 9.50. The average molecular weight is 232 g/mol. The summed E-state index contributed by atoms with van der Waals surface area (Å²) in [6.45, 7) is 2.55. The zero-order chi connectivity index (χ0) is 12.3. The van der Waals surface area contributed by atoms with Gasteiger partial charge in [0.15, 0.2) is 0 Å². The smallest absolute Gasteiger partial charge is 0.129 e. The van der Waals surface area contributed by atoms with E-state index in [-0.39, 0.29) is 6.61 Å². The molecule has 0 aromatic carbocycles. The van der Waals surface area contributed by atoms with Crippen LogP contribution in [-0.2, 0) is 13.2 Å². The molecule has 0 saturated carbocycles. The molecule has 4 heteroatoms. The number of aliphatic hydroxyl groups excluding tert-OH is 1. The molecule has 2 heterocycles. The van der Waals surface area contributed by atoms with E-state index < -0.39 is 0 Å². The molecule has 0 aliphatic rings. The van der Waals surface area contributed by atoms with Crippen molar-refractivity contribution in [2.45, 2.75) is 20.1 Å². The van der Waals surface area contributed by atoms with Crippen molar-refractivity contribution >= 4 is 5.82 Å². The first-order chi connectivity index (χ1) is 8.19. The van der Waals surface area contributed by atoms with Gasteiger partial charge in [0.1, 0.15) is 17.3 Å². The number of furan rings is 1. The highest BCUT2D eigenvalue weighted by atomic mass is 16.3. The number of pyridine rings is 1. The molecule has 0 aliphatic heterocycles. The first-order valence-electron chi connectivity index (χ1n) is 5.52. The number of rotatable bonds is 4. The first-order valence-corrected chi connectivity index (χ1v) is 5.52. The number of aromatic nitrogens is 1. The highest BCUT2D eigenvalue weighted by Crippen LogP contribution is 2.15. The Kier molecular flexibility index (Phi) is 3.44. The first kappa shape index (κ1) is 11.7. The van der Waals surface area contributed by atoms with Gasteiger partial charge in [0.05, 0.1) is 18.8 Å². The number of hydrogen-bond acceptors (Lipinski definition) is 4. The predicted octanol–water partition coefficient (Wildman–Crippen LogP) is 2.11. The van der Waals surface area contributed by atoms with E-state index in [1.54, 1.807) is 6.07 Å². The number of aryl methyl sites for hydroxylation is 1. The van der Waals surface area contributed by atoms with Gasteiger partial charge in [0, 0.05) is 7.05 Å². The van der Waals surface area contributed by atoms with E-state index in [2.05, 4.69) is 4.98 Å². The second-order valence-electron chi connectivity index (χ2n) is 4.01. The van der Waals surface area contributed by atoms with E-state index in [0.29, 0.717) is 12.2 Å². The normalized spacial score (nSPS) is 10.5. The quantitative estimate of drug-likeness (QED) is 0.877. The Morgan fingerprint density at radius 3 is 2.76 bits per heavy atom. The fraction of sp³-hybridized carbons (Fsp3) is 0.308. The van der Waals surface area contributed by atoms with Crippen LogP contribution in [0.1, 0.15) is 17.2 Å². The van der Waals surface area contributed by atoms with Gasteiger partial charge >= 0.3 is 0 Å². The summed E-state index contributed by atoms with van der Waals surface area (Å²) in [6.07, 6.45) is 0. The number of aliphatic hydroxyl groups is 1. The maximum Gasteiger partial charge on any atom is 0.129 e. The van der Waals surface area contributed by atoms with Gasteiger partial charge in [-0.05, 0) is 31.2 Å². The van der Waals surface area contributed by atoms with E-state index >= 15 is 0 Å². The summed E-state index contributed by atoms with van der Waals surface area (Å²) < 4.78 is 5.51. The van der Waals surface area contributed by atoms with Gasteiger partial charge < -0.3 is 14.4 Å². The standard InChI is InChI=1S/C13H16N2O2/c1-10-6-7-12(17-10)8-15(2)13-5-3-4-11(9-16)14-13/h3-7,16H,8-9H2,1-2H3. The Labute approximate surface area is 101 Å². The number of nitrogens with zero attached hydrogens (tertiary/aromatic N) is 2. The maximum absolute atomic E-state index is 9.04. The highest BCUT2D eigenvalue weighted by Gasteiger charge is 2.06. The zero-order valence-electron chi connectivity index (χ0n) is 10.1. The molecule has 90 valence electrons. The van der Waals surface area contributed by atoms with Gasteiger partial charge in [-0.1, -0.05) is 6.07 Å². The van der Waals surface area contributed by atoms with Crippen LogP contribution in [-0.4, -0.2) is 17.1 Å². The van der Waals surface area contributed by atoms with Crippen LogP contribution in [0.15, 0.2) is 34.7 Å². The zero-order valence-corrected chi connectivity index (χ0v) is 10.1. The summed E-state index contributed by atoms with van der Waals surface area (Å²) in [5.41, 5.74) is 0.671. The van der Waals surface area contributed by atoms with E-state index in [9.17, 15) is 0 Å². The number of anilines is 1. The Morgan fingerprint density at radius 1 is 1.29 bits per heavy atom. The molecule has 0 bridgehead atoms. The number of hydrogen-bond donors (Lipinski definition) is 1. The van der Waals surface area contributed by atoms with E-state index in [1.807, 2.05) is 43.1 Å². The third-order valence-electron chi connectivity index (χ3n) is 2.53. The molecule has 17 heavy (non-hydrogen) atoms. The second kappa shape index (κ2) is 5.01. The molecule has 1 N–H and O–H groups in total. The van der Waals surface area contributed by atoms with Crippen LogP contribution in [0.2, 0.25) is 0 Å². The van der Waals surface area contributed by atoms with Crippen molar-refractivity contribution < 1.29 is 9.52 Å². The molecule has 0 amide bonds. The Balaban J connectivity index is 2.11. The Bertz CT molecular complexity index is 494. The molecule has 0 saturated heterocycles. The van der Waals surface area contributed by atoms with Crippen molar-refractivity contribution in [3.05, 3.63) is 47.5 Å². The van der Waals surface area contributed by atoms with Crippen LogP contribution in [0.3, 0.4) is 0 Å². The Morgan fingerprint density at radius 2 is 2.12 bits per heavy atom. The molecule has 0 radical (unpaired) electrons. The minimum Gasteiger partial charge on any atom is -0.464 e. The highest BCUT2D eigenvalue weighted by molar-refractivity contribution is 5.38. The van der Waals surface area contributed by atoms with Crippen LogP contribution < -0.4 is 4.90 Å². The molecular weight excluding hydrogens is 216 g/mol. The van der Waals surface area contributed by atoms with Gasteiger partial charge in [0.25, 0.3) is 0 Å². The molecule has 0 aliphatic carbocycles. The van der Waals surface area contributed by atoms with E-state index in [0.717, 1.165) is 17.3 Å². The molecule has 0 atom stereocenters. The monoisotopic (exact) mass is 232 g/mol. The van der Waals surface area contributed by atoms with Crippen LogP contribution in [0.4, 0.5) is 5.82 Å². The lowest BCUT2D eigenvalue weighted by atomic mass is 10.3. The van der Waals surface area contributed by atoms with Crippen molar-refractivity contribution in [1.29, 1.82) is 0 Å². The third-order valence-corrected chi connectivity index (χ3v) is 2.53. The summed E-state index contributed by atoms with van der Waals surface area (Å²) in [5.74, 6) is 2.64. The lowest BCUT2D eigenvalue weighted by Gasteiger charge is -2.17. The summed E-state index contributed by atoms with van der Waals surface area (Å²) in [7, 11) is 1.95. The van der Waals surface area contributed by atoms with Crippen molar-refractivity contribution in [3.8, 4) is 0 Å². The van der Waals surface area contributed by atoms with Crippen LogP contribution in [0, 0.1) is 6.92 Å². The molecule has 4 nitrogen and oxygen atoms in total. The third kappa shape index (κ3) is 2.85. The summed E-state index contributed by atoms with van der Waals surface area (Å²) >= 11 is 0. The molecule has 2 aromatic rings. The predicted molar refractivity (Wildman–Crippen MR) is 65.7 cm³/mol. The van der Waals surface area contributed by atoms with Crippen molar-refractivity contribution in [2.24, 2.45) is 0 Å². The molecule has 2 rings (SSSR count). The average Bonchev–Trinajstić information content (AvgIpc) is 2.75. The molecule has 2 aromatic heterocycles. The molecule has 0 unspecified atom stereocenters. The van der Waals surface area contributed by atoms with Gasteiger partial charge in [-0.3, -0.25) is 0 Å². The van der Waals surface area contributed by atoms with Gasteiger partial charge in [-0.2, -0.15) is 0 Å². The van der Waals surface area contributed by atoms with Crippen LogP contribution in [0.25, 0.3) is 0 Å². The lowest BCUT2D eigenvalue weighted by molar-refractivity contribution is 0.277. The van der Waals surface area contributed by atoms with Gasteiger partial charge in [-0.15, -0.1) is 0 Å². The summed E-state index contributed by atoms with van der Waals surface area (Å²) in [5, 5.41) is 9.04. The minimum absolute atomic E-state index is 0.0401. The fourth-order valence-electron chi connectivity index (χ4n) is 1.65. The van der Waals surface area contributed by atoms with Crippen molar-refractivity contribution in [3.63, 3.8) is 0 Å². The molecule has 0 fully saturated rings. The largest absolute Gasteiger partial charge is 0.464 e. The summed E-state index contributed by atoms with van der Waals surface area (Å²) in [4.78, 5) is 6.31. The minimum atomic E-state index is -0.0401. The maximum atomic E-state index is 9.04. The van der Waals surface area contributed by atoms with E-state index in [4.69, 9.17) is 9.52 Å². The lowest BCUT2D eigenvalue weighted by Crippen LogP contribution is -2.17. The molecular formula is C13H16N2O2. The second-order valence-corrected chi connectivity index (χ2v) is 4.01. The van der Waals surface area contributed by atoms with Crippen molar-refractivity contribution in [2.75, 3.05) is 11.9 Å². The fourth-order valence-corrected chi connectivity index (χ4v) is 1.65. The topological polar surface area (TPSA) is 49.5 Å².